The number of nitrogens with zero attached hydrogens (tertiary/aromatic N) is 1. The van der Waals surface area contributed by atoms with Crippen LogP contribution in [0.5, 0.6) is 0 Å². The fourth-order valence-electron chi connectivity index (χ4n) is 1.84. The number of aryl methyl sites for hydroxylation is 1. The summed E-state index contributed by atoms with van der Waals surface area (Å²) in [7, 11) is 0. The van der Waals surface area contributed by atoms with Crippen molar-refractivity contribution in [3.05, 3.63) is 47.7 Å². The summed E-state index contributed by atoms with van der Waals surface area (Å²) in [6.07, 6.45) is 0. The number of aromatic carboxylic acids is 1. The van der Waals surface area contributed by atoms with Crippen LogP contribution in [0.2, 0.25) is 0 Å². The Bertz CT molecular complexity index is 681. The standard InChI is InChI=1S/C15H15N3O3/c1-9-13(15(20)21)7-8-14(16-9)18-12-5-3-11(4-6-12)17-10(2)19/h3-8H,1-2H3,(H,16,18)(H,17,19)(H,20,21). The molecule has 1 aromatic carbocycles. The van der Waals surface area contributed by atoms with E-state index in [-0.39, 0.29) is 11.5 Å². The number of pyridine rings is 1. The second-order valence-corrected chi connectivity index (χ2v) is 4.52. The molecule has 0 radical (unpaired) electrons. The number of rotatable bonds is 4. The molecule has 3 N–H and O–H groups in total. The number of hydrogen-bond acceptors (Lipinski definition) is 4. The number of carboxylic acids is 1. The Morgan fingerprint density at radius 2 is 1.67 bits per heavy atom. The van der Waals surface area contributed by atoms with E-state index in [1.165, 1.54) is 13.0 Å². The molecule has 1 heterocycles. The van der Waals surface area contributed by atoms with E-state index in [9.17, 15) is 9.59 Å². The number of benzene rings is 1. The van der Waals surface area contributed by atoms with E-state index in [4.69, 9.17) is 5.11 Å². The van der Waals surface area contributed by atoms with Gasteiger partial charge in [0, 0.05) is 18.3 Å². The van der Waals surface area contributed by atoms with Crippen molar-refractivity contribution in [2.75, 3.05) is 10.6 Å². The Morgan fingerprint density at radius 1 is 1.05 bits per heavy atom. The van der Waals surface area contributed by atoms with E-state index in [1.807, 2.05) is 0 Å². The number of carbonyl (C=O) groups excluding carboxylic acids is 1. The highest BCUT2D eigenvalue weighted by atomic mass is 16.4. The maximum absolute atomic E-state index is 10.9. The van der Waals surface area contributed by atoms with Crippen LogP contribution in [0.3, 0.4) is 0 Å². The van der Waals surface area contributed by atoms with Crippen molar-refractivity contribution < 1.29 is 14.7 Å². The molecule has 0 bridgehead atoms. The topological polar surface area (TPSA) is 91.3 Å². The summed E-state index contributed by atoms with van der Waals surface area (Å²) < 4.78 is 0. The van der Waals surface area contributed by atoms with Gasteiger partial charge in [0.05, 0.1) is 11.3 Å². The van der Waals surface area contributed by atoms with E-state index in [0.717, 1.165) is 5.69 Å². The van der Waals surface area contributed by atoms with Crippen LogP contribution in [-0.4, -0.2) is 22.0 Å². The van der Waals surface area contributed by atoms with E-state index < -0.39 is 5.97 Å². The van der Waals surface area contributed by atoms with Gasteiger partial charge in [0.2, 0.25) is 5.91 Å². The first-order valence-corrected chi connectivity index (χ1v) is 6.31. The minimum Gasteiger partial charge on any atom is -0.478 e. The maximum Gasteiger partial charge on any atom is 0.337 e. The third-order valence-corrected chi connectivity index (χ3v) is 2.79. The third kappa shape index (κ3) is 3.79. The van der Waals surface area contributed by atoms with Gasteiger partial charge in [-0.05, 0) is 43.3 Å². The molecule has 2 aromatic rings. The lowest BCUT2D eigenvalue weighted by Gasteiger charge is -2.09. The van der Waals surface area contributed by atoms with E-state index >= 15 is 0 Å². The number of carbonyl (C=O) groups is 2. The van der Waals surface area contributed by atoms with Crippen LogP contribution in [0.4, 0.5) is 17.2 Å². The maximum atomic E-state index is 10.9. The highest BCUT2D eigenvalue weighted by Crippen LogP contribution is 2.19. The summed E-state index contributed by atoms with van der Waals surface area (Å²) in [6, 6.07) is 10.3. The number of hydrogen-bond donors (Lipinski definition) is 3. The Morgan fingerprint density at radius 3 is 2.19 bits per heavy atom. The molecule has 108 valence electrons. The second-order valence-electron chi connectivity index (χ2n) is 4.52. The largest absolute Gasteiger partial charge is 0.478 e. The van der Waals surface area contributed by atoms with Crippen molar-refractivity contribution in [2.24, 2.45) is 0 Å². The summed E-state index contributed by atoms with van der Waals surface area (Å²) >= 11 is 0. The molecule has 0 fully saturated rings. The van der Waals surface area contributed by atoms with Crippen LogP contribution < -0.4 is 10.6 Å². The van der Waals surface area contributed by atoms with Crippen LogP contribution in [0.15, 0.2) is 36.4 Å². The predicted octanol–water partition coefficient (Wildman–Crippen LogP) is 2.79. The highest BCUT2D eigenvalue weighted by molar-refractivity contribution is 5.89. The monoisotopic (exact) mass is 285 g/mol. The number of carboxylic acid groups (broad SMARTS) is 1. The number of amides is 1. The Kier molecular flexibility index (Phi) is 4.18. The molecular formula is C15H15N3O3. The smallest absolute Gasteiger partial charge is 0.337 e. The summed E-state index contributed by atoms with van der Waals surface area (Å²) in [6.45, 7) is 3.09. The predicted molar refractivity (Wildman–Crippen MR) is 80.0 cm³/mol. The molecule has 0 unspecified atom stereocenters. The second kappa shape index (κ2) is 6.04. The molecule has 21 heavy (non-hydrogen) atoms. The van der Waals surface area contributed by atoms with Crippen LogP contribution in [0, 0.1) is 6.92 Å². The van der Waals surface area contributed by atoms with Gasteiger partial charge in [0.15, 0.2) is 0 Å². The van der Waals surface area contributed by atoms with Crippen molar-refractivity contribution in [1.29, 1.82) is 0 Å². The zero-order valence-corrected chi connectivity index (χ0v) is 11.7. The van der Waals surface area contributed by atoms with Crippen molar-refractivity contribution >= 4 is 29.1 Å². The fraction of sp³-hybridized carbons (Fsp3) is 0.133. The number of nitrogens with one attached hydrogen (secondary N) is 2. The number of aromatic nitrogens is 1. The molecule has 1 amide bonds. The SMILES string of the molecule is CC(=O)Nc1ccc(Nc2ccc(C(=O)O)c(C)n2)cc1. The van der Waals surface area contributed by atoms with Gasteiger partial charge in [0.25, 0.3) is 0 Å². The van der Waals surface area contributed by atoms with Crippen molar-refractivity contribution in [1.82, 2.24) is 4.98 Å². The zero-order chi connectivity index (χ0) is 15.4. The van der Waals surface area contributed by atoms with Gasteiger partial charge in [-0.2, -0.15) is 0 Å². The minimum absolute atomic E-state index is 0.128. The average molecular weight is 285 g/mol. The Labute approximate surface area is 121 Å². The summed E-state index contributed by atoms with van der Waals surface area (Å²) in [5.74, 6) is -0.562. The quantitative estimate of drug-likeness (QED) is 0.803. The van der Waals surface area contributed by atoms with Gasteiger partial charge in [-0.3, -0.25) is 4.79 Å². The molecular weight excluding hydrogens is 270 g/mol. The van der Waals surface area contributed by atoms with E-state index in [0.29, 0.717) is 17.2 Å². The minimum atomic E-state index is -0.994. The molecule has 2 rings (SSSR count). The fourth-order valence-corrected chi connectivity index (χ4v) is 1.84. The normalized spacial score (nSPS) is 10.0. The molecule has 1 aromatic heterocycles. The van der Waals surface area contributed by atoms with Gasteiger partial charge < -0.3 is 15.7 Å². The van der Waals surface area contributed by atoms with Crippen molar-refractivity contribution in [2.45, 2.75) is 13.8 Å². The molecule has 0 aliphatic rings. The average Bonchev–Trinajstić information content (AvgIpc) is 2.40. The molecule has 0 atom stereocenters. The van der Waals surface area contributed by atoms with Gasteiger partial charge >= 0.3 is 5.97 Å². The molecule has 0 aliphatic carbocycles. The molecule has 0 saturated heterocycles. The molecule has 6 heteroatoms. The summed E-state index contributed by atoms with van der Waals surface area (Å²) in [5, 5.41) is 14.7. The van der Waals surface area contributed by atoms with Crippen LogP contribution in [0.25, 0.3) is 0 Å². The number of anilines is 3. The van der Waals surface area contributed by atoms with Crippen LogP contribution in [0.1, 0.15) is 23.0 Å². The lowest BCUT2D eigenvalue weighted by atomic mass is 10.2. The van der Waals surface area contributed by atoms with Gasteiger partial charge in [-0.1, -0.05) is 0 Å². The first-order valence-electron chi connectivity index (χ1n) is 6.31. The Balaban J connectivity index is 2.13. The molecule has 0 spiro atoms. The third-order valence-electron chi connectivity index (χ3n) is 2.79. The van der Waals surface area contributed by atoms with E-state index in [1.54, 1.807) is 37.3 Å². The van der Waals surface area contributed by atoms with Crippen molar-refractivity contribution in [3.8, 4) is 0 Å². The molecule has 6 nitrogen and oxygen atoms in total. The van der Waals surface area contributed by atoms with Crippen molar-refractivity contribution in [3.63, 3.8) is 0 Å². The summed E-state index contributed by atoms with van der Waals surface area (Å²) in [5.41, 5.74) is 2.13. The lowest BCUT2D eigenvalue weighted by molar-refractivity contribution is -0.114. The van der Waals surface area contributed by atoms with Gasteiger partial charge in [-0.25, -0.2) is 9.78 Å². The first kappa shape index (κ1) is 14.5. The first-order chi connectivity index (χ1) is 9.95. The van der Waals surface area contributed by atoms with Crippen LogP contribution in [-0.2, 0) is 4.79 Å². The zero-order valence-electron chi connectivity index (χ0n) is 11.7. The lowest BCUT2D eigenvalue weighted by Crippen LogP contribution is -2.05. The van der Waals surface area contributed by atoms with Gasteiger partial charge in [0.1, 0.15) is 5.82 Å². The van der Waals surface area contributed by atoms with Gasteiger partial charge in [-0.15, -0.1) is 0 Å². The van der Waals surface area contributed by atoms with E-state index in [2.05, 4.69) is 15.6 Å². The molecule has 0 saturated carbocycles. The Hall–Kier alpha value is -2.89. The molecule has 0 aliphatic heterocycles. The highest BCUT2D eigenvalue weighted by Gasteiger charge is 2.08. The van der Waals surface area contributed by atoms with Crippen LogP contribution >= 0.6 is 0 Å². The summed E-state index contributed by atoms with van der Waals surface area (Å²) in [4.78, 5) is 26.0.